The van der Waals surface area contributed by atoms with E-state index in [2.05, 4.69) is 22.5 Å². The van der Waals surface area contributed by atoms with Gasteiger partial charge >= 0.3 is 0 Å². The van der Waals surface area contributed by atoms with Crippen molar-refractivity contribution in [1.29, 1.82) is 0 Å². The Morgan fingerprint density at radius 3 is 2.65 bits per heavy atom. The van der Waals surface area contributed by atoms with Crippen molar-refractivity contribution in [1.82, 2.24) is 15.1 Å². The van der Waals surface area contributed by atoms with E-state index in [1.165, 1.54) is 11.6 Å². The maximum atomic E-state index is 12.1. The van der Waals surface area contributed by atoms with Crippen LogP contribution in [0.3, 0.4) is 0 Å². The summed E-state index contributed by atoms with van der Waals surface area (Å²) in [5.41, 5.74) is 3.07. The van der Waals surface area contributed by atoms with Crippen LogP contribution < -0.4 is 5.32 Å². The van der Waals surface area contributed by atoms with Gasteiger partial charge in [0, 0.05) is 22.9 Å². The predicted molar refractivity (Wildman–Crippen MR) is 105 cm³/mol. The smallest absolute Gasteiger partial charge is 0.244 e. The number of hydrogen-bond donors (Lipinski definition) is 1. The second kappa shape index (κ2) is 8.50. The van der Waals surface area contributed by atoms with E-state index in [-0.39, 0.29) is 11.9 Å². The van der Waals surface area contributed by atoms with Crippen LogP contribution in [-0.2, 0) is 11.3 Å². The molecule has 1 N–H and O–H groups in total. The SMILES string of the molecule is C[C@@H](NC(=O)/C=C/c1cnn(Cc2ccccc2)c1)c1ccc(Cl)cc1. The molecule has 4 nitrogen and oxygen atoms in total. The predicted octanol–water partition coefficient (Wildman–Crippen LogP) is 4.48. The van der Waals surface area contributed by atoms with Crippen LogP contribution in [0.15, 0.2) is 73.1 Å². The van der Waals surface area contributed by atoms with Crippen LogP contribution in [0.2, 0.25) is 5.02 Å². The molecule has 1 heterocycles. The number of carbonyl (C=O) groups is 1. The minimum Gasteiger partial charge on any atom is -0.346 e. The topological polar surface area (TPSA) is 46.9 Å². The lowest BCUT2D eigenvalue weighted by molar-refractivity contribution is -0.117. The van der Waals surface area contributed by atoms with Crippen LogP contribution in [-0.4, -0.2) is 15.7 Å². The molecule has 1 amide bonds. The molecule has 0 aliphatic heterocycles. The highest BCUT2D eigenvalue weighted by molar-refractivity contribution is 6.30. The third-order valence-corrected chi connectivity index (χ3v) is 4.25. The van der Waals surface area contributed by atoms with Crippen molar-refractivity contribution in [2.24, 2.45) is 0 Å². The van der Waals surface area contributed by atoms with E-state index in [0.717, 1.165) is 11.1 Å². The van der Waals surface area contributed by atoms with E-state index in [1.54, 1.807) is 12.3 Å². The summed E-state index contributed by atoms with van der Waals surface area (Å²) in [6.45, 7) is 2.64. The molecule has 0 spiro atoms. The molecule has 5 heteroatoms. The minimum absolute atomic E-state index is 0.0924. The number of amides is 1. The first-order valence-electron chi connectivity index (χ1n) is 8.40. The molecule has 1 atom stereocenters. The van der Waals surface area contributed by atoms with E-state index >= 15 is 0 Å². The fraction of sp³-hybridized carbons (Fsp3) is 0.143. The molecule has 0 aliphatic carbocycles. The lowest BCUT2D eigenvalue weighted by Crippen LogP contribution is -2.24. The molecule has 0 saturated heterocycles. The average molecular weight is 366 g/mol. The molecule has 0 saturated carbocycles. The van der Waals surface area contributed by atoms with Gasteiger partial charge in [0.1, 0.15) is 0 Å². The third-order valence-electron chi connectivity index (χ3n) is 4.00. The van der Waals surface area contributed by atoms with Gasteiger partial charge in [0.25, 0.3) is 0 Å². The standard InChI is InChI=1S/C21H20ClN3O/c1-16(19-8-10-20(22)11-9-19)24-21(26)12-7-18-13-23-25(15-18)14-17-5-3-2-4-6-17/h2-13,15-16H,14H2,1H3,(H,24,26)/b12-7+/t16-/m1/s1. The lowest BCUT2D eigenvalue weighted by atomic mass is 10.1. The Hall–Kier alpha value is -2.85. The van der Waals surface area contributed by atoms with Crippen LogP contribution in [0.5, 0.6) is 0 Å². The van der Waals surface area contributed by atoms with Gasteiger partial charge in [0.2, 0.25) is 5.91 Å². The highest BCUT2D eigenvalue weighted by Gasteiger charge is 2.07. The Labute approximate surface area is 158 Å². The first-order chi connectivity index (χ1) is 12.6. The number of hydrogen-bond acceptors (Lipinski definition) is 2. The molecule has 0 bridgehead atoms. The fourth-order valence-corrected chi connectivity index (χ4v) is 2.72. The second-order valence-corrected chi connectivity index (χ2v) is 6.51. The summed E-state index contributed by atoms with van der Waals surface area (Å²) in [5, 5.41) is 7.94. The van der Waals surface area contributed by atoms with E-state index in [4.69, 9.17) is 11.6 Å². The van der Waals surface area contributed by atoms with Crippen LogP contribution >= 0.6 is 11.6 Å². The van der Waals surface area contributed by atoms with Crippen molar-refractivity contribution in [2.75, 3.05) is 0 Å². The molecular weight excluding hydrogens is 346 g/mol. The Kier molecular flexibility index (Phi) is 5.87. The van der Waals surface area contributed by atoms with Gasteiger partial charge in [-0.2, -0.15) is 5.10 Å². The number of carbonyl (C=O) groups excluding carboxylic acids is 1. The average Bonchev–Trinajstić information content (AvgIpc) is 3.09. The number of halogens is 1. The van der Waals surface area contributed by atoms with Crippen molar-refractivity contribution >= 4 is 23.6 Å². The second-order valence-electron chi connectivity index (χ2n) is 6.07. The molecular formula is C21H20ClN3O. The van der Waals surface area contributed by atoms with Gasteiger partial charge in [-0.3, -0.25) is 9.48 Å². The zero-order valence-corrected chi connectivity index (χ0v) is 15.2. The van der Waals surface area contributed by atoms with Crippen molar-refractivity contribution in [3.05, 3.63) is 94.8 Å². The van der Waals surface area contributed by atoms with E-state index < -0.39 is 0 Å². The molecule has 26 heavy (non-hydrogen) atoms. The van der Waals surface area contributed by atoms with Gasteiger partial charge in [-0.05, 0) is 36.3 Å². The summed E-state index contributed by atoms with van der Waals surface area (Å²) in [4.78, 5) is 12.1. The molecule has 3 rings (SSSR count). The van der Waals surface area contributed by atoms with E-state index in [9.17, 15) is 4.79 Å². The largest absolute Gasteiger partial charge is 0.346 e. The fourth-order valence-electron chi connectivity index (χ4n) is 2.59. The highest BCUT2D eigenvalue weighted by atomic mass is 35.5. The molecule has 132 valence electrons. The Morgan fingerprint density at radius 2 is 1.92 bits per heavy atom. The number of rotatable bonds is 6. The molecule has 0 aliphatic rings. The summed E-state index contributed by atoms with van der Waals surface area (Å²) < 4.78 is 1.85. The van der Waals surface area contributed by atoms with Gasteiger partial charge in [0.05, 0.1) is 18.8 Å². The van der Waals surface area contributed by atoms with Gasteiger partial charge < -0.3 is 5.32 Å². The number of nitrogens with one attached hydrogen (secondary N) is 1. The monoisotopic (exact) mass is 365 g/mol. The molecule has 0 fully saturated rings. The van der Waals surface area contributed by atoms with Crippen molar-refractivity contribution in [2.45, 2.75) is 19.5 Å². The number of aromatic nitrogens is 2. The molecule has 0 unspecified atom stereocenters. The summed E-state index contributed by atoms with van der Waals surface area (Å²) in [6.07, 6.45) is 6.95. The third kappa shape index (κ3) is 5.07. The summed E-state index contributed by atoms with van der Waals surface area (Å²) in [6, 6.07) is 17.5. The van der Waals surface area contributed by atoms with Crippen LogP contribution in [0.1, 0.15) is 29.7 Å². The number of benzene rings is 2. The molecule has 0 radical (unpaired) electrons. The van der Waals surface area contributed by atoms with Crippen LogP contribution in [0.4, 0.5) is 0 Å². The quantitative estimate of drug-likeness (QED) is 0.655. The number of nitrogens with zero attached hydrogens (tertiary/aromatic N) is 2. The molecule has 1 aromatic heterocycles. The summed E-state index contributed by atoms with van der Waals surface area (Å²) in [7, 11) is 0. The maximum Gasteiger partial charge on any atom is 0.244 e. The normalized spacial score (nSPS) is 12.2. The van der Waals surface area contributed by atoms with Gasteiger partial charge in [-0.15, -0.1) is 0 Å². The van der Waals surface area contributed by atoms with Gasteiger partial charge in [0.15, 0.2) is 0 Å². The van der Waals surface area contributed by atoms with E-state index in [0.29, 0.717) is 11.6 Å². The zero-order valence-electron chi connectivity index (χ0n) is 14.5. The van der Waals surface area contributed by atoms with Crippen LogP contribution in [0.25, 0.3) is 6.08 Å². The maximum absolute atomic E-state index is 12.1. The van der Waals surface area contributed by atoms with E-state index in [1.807, 2.05) is 60.3 Å². The van der Waals surface area contributed by atoms with Crippen molar-refractivity contribution in [3.8, 4) is 0 Å². The van der Waals surface area contributed by atoms with Gasteiger partial charge in [-0.1, -0.05) is 54.1 Å². The first-order valence-corrected chi connectivity index (χ1v) is 8.78. The highest BCUT2D eigenvalue weighted by Crippen LogP contribution is 2.16. The molecule has 3 aromatic rings. The summed E-state index contributed by atoms with van der Waals surface area (Å²) in [5.74, 6) is -0.150. The Morgan fingerprint density at radius 1 is 1.19 bits per heavy atom. The molecule has 2 aromatic carbocycles. The van der Waals surface area contributed by atoms with Crippen LogP contribution in [0, 0.1) is 0 Å². The Bertz CT molecular complexity index is 885. The lowest BCUT2D eigenvalue weighted by Gasteiger charge is -2.12. The zero-order chi connectivity index (χ0) is 18.4. The summed E-state index contributed by atoms with van der Waals surface area (Å²) >= 11 is 5.89. The Balaban J connectivity index is 1.55. The first kappa shape index (κ1) is 18.0. The minimum atomic E-state index is -0.150. The van der Waals surface area contributed by atoms with Gasteiger partial charge in [-0.25, -0.2) is 0 Å². The van der Waals surface area contributed by atoms with Crippen molar-refractivity contribution in [3.63, 3.8) is 0 Å². The van der Waals surface area contributed by atoms with Crippen molar-refractivity contribution < 1.29 is 4.79 Å².